The lowest BCUT2D eigenvalue weighted by Crippen LogP contribution is -2.45. The van der Waals surface area contributed by atoms with Crippen molar-refractivity contribution in [3.63, 3.8) is 0 Å². The Balaban J connectivity index is 1.68. The molecule has 0 bridgehead atoms. The summed E-state index contributed by atoms with van der Waals surface area (Å²) in [4.78, 5) is 28.3. The van der Waals surface area contributed by atoms with Crippen LogP contribution in [0.3, 0.4) is 0 Å². The number of hydrogen-bond acceptors (Lipinski definition) is 3. The molecule has 0 aliphatic carbocycles. The Kier molecular flexibility index (Phi) is 6.02. The van der Waals surface area contributed by atoms with Gasteiger partial charge < -0.3 is 10.6 Å². The maximum atomic E-state index is 13.0. The van der Waals surface area contributed by atoms with E-state index in [9.17, 15) is 9.59 Å². The third-order valence-electron chi connectivity index (χ3n) is 4.90. The van der Waals surface area contributed by atoms with E-state index < -0.39 is 0 Å². The molecule has 0 saturated carbocycles. The van der Waals surface area contributed by atoms with Crippen LogP contribution < -0.4 is 10.6 Å². The number of carbonyl (C=O) groups is 2. The number of likely N-dealkylation sites (tertiary alicyclic amines) is 1. The fraction of sp³-hybridized carbons (Fsp3) is 0.333. The van der Waals surface area contributed by atoms with E-state index >= 15 is 0 Å². The minimum absolute atomic E-state index is 0.0594. The number of carbonyl (C=O) groups excluding carboxylic acids is 2. The summed E-state index contributed by atoms with van der Waals surface area (Å²) in [5.74, 6) is -0.223. The van der Waals surface area contributed by atoms with Crippen molar-refractivity contribution in [3.8, 4) is 0 Å². The number of nitrogens with zero attached hydrogens (tertiary/aromatic N) is 2. The zero-order chi connectivity index (χ0) is 18.4. The molecule has 5 heteroatoms. The van der Waals surface area contributed by atoms with Gasteiger partial charge in [0.1, 0.15) is 0 Å². The molecule has 0 radical (unpaired) electrons. The number of piperidine rings is 1. The van der Waals surface area contributed by atoms with Crippen molar-refractivity contribution in [2.75, 3.05) is 24.5 Å². The van der Waals surface area contributed by atoms with E-state index in [4.69, 9.17) is 5.73 Å². The standard InChI is InChI=1S/C21H25N3O2/c22-21(26)18-11-13-23(14-12-18)16-20(25)24(19-9-5-2-6-10-19)15-17-7-3-1-4-8-17/h1-10,18H,11-16H2,(H2,22,26). The molecule has 2 N–H and O–H groups in total. The summed E-state index contributed by atoms with van der Waals surface area (Å²) in [5.41, 5.74) is 7.38. The van der Waals surface area contributed by atoms with Crippen molar-refractivity contribution in [3.05, 3.63) is 66.2 Å². The summed E-state index contributed by atoms with van der Waals surface area (Å²) in [7, 11) is 0. The molecule has 136 valence electrons. The zero-order valence-corrected chi connectivity index (χ0v) is 14.9. The first-order chi connectivity index (χ1) is 12.6. The Morgan fingerprint density at radius 2 is 1.54 bits per heavy atom. The molecule has 0 aromatic heterocycles. The van der Waals surface area contributed by atoms with Crippen molar-refractivity contribution < 1.29 is 9.59 Å². The average molecular weight is 351 g/mol. The van der Waals surface area contributed by atoms with Gasteiger partial charge in [-0.15, -0.1) is 0 Å². The highest BCUT2D eigenvalue weighted by Crippen LogP contribution is 2.20. The predicted molar refractivity (Wildman–Crippen MR) is 102 cm³/mol. The number of primary amides is 1. The Morgan fingerprint density at radius 1 is 0.962 bits per heavy atom. The number of hydrogen-bond donors (Lipinski definition) is 1. The van der Waals surface area contributed by atoms with Gasteiger partial charge in [-0.3, -0.25) is 14.5 Å². The molecule has 0 unspecified atom stereocenters. The maximum absolute atomic E-state index is 13.0. The second-order valence-corrected chi connectivity index (χ2v) is 6.75. The van der Waals surface area contributed by atoms with E-state index in [-0.39, 0.29) is 17.7 Å². The monoisotopic (exact) mass is 351 g/mol. The Bertz CT molecular complexity index is 725. The number of rotatable bonds is 6. The number of amides is 2. The molecule has 2 aromatic carbocycles. The maximum Gasteiger partial charge on any atom is 0.241 e. The highest BCUT2D eigenvalue weighted by molar-refractivity contribution is 5.94. The minimum Gasteiger partial charge on any atom is -0.369 e. The second kappa shape index (κ2) is 8.63. The van der Waals surface area contributed by atoms with Crippen molar-refractivity contribution in [2.24, 2.45) is 11.7 Å². The van der Waals surface area contributed by atoms with Crippen LogP contribution in [-0.2, 0) is 16.1 Å². The van der Waals surface area contributed by atoms with Crippen LogP contribution in [0, 0.1) is 5.92 Å². The van der Waals surface area contributed by atoms with Gasteiger partial charge in [0, 0.05) is 11.6 Å². The molecule has 3 rings (SSSR count). The van der Waals surface area contributed by atoms with Crippen LogP contribution in [0.15, 0.2) is 60.7 Å². The molecule has 2 aromatic rings. The van der Waals surface area contributed by atoms with E-state index in [2.05, 4.69) is 4.90 Å². The summed E-state index contributed by atoms with van der Waals surface area (Å²) in [6.45, 7) is 2.36. The molecular weight excluding hydrogens is 326 g/mol. The summed E-state index contributed by atoms with van der Waals surface area (Å²) >= 11 is 0. The summed E-state index contributed by atoms with van der Waals surface area (Å²) in [5, 5.41) is 0. The van der Waals surface area contributed by atoms with Crippen molar-refractivity contribution in [1.82, 2.24) is 4.90 Å². The van der Waals surface area contributed by atoms with Gasteiger partial charge in [0.15, 0.2) is 0 Å². The van der Waals surface area contributed by atoms with Crippen LogP contribution in [0.5, 0.6) is 0 Å². The fourth-order valence-electron chi connectivity index (χ4n) is 3.35. The third-order valence-corrected chi connectivity index (χ3v) is 4.90. The Morgan fingerprint density at radius 3 is 2.12 bits per heavy atom. The number of para-hydroxylation sites is 1. The van der Waals surface area contributed by atoms with Gasteiger partial charge in [-0.1, -0.05) is 48.5 Å². The first-order valence-corrected chi connectivity index (χ1v) is 9.04. The van der Waals surface area contributed by atoms with Gasteiger partial charge in [0.25, 0.3) is 0 Å². The quantitative estimate of drug-likeness (QED) is 0.869. The van der Waals surface area contributed by atoms with Crippen molar-refractivity contribution >= 4 is 17.5 Å². The zero-order valence-electron chi connectivity index (χ0n) is 14.9. The molecule has 1 aliphatic rings. The third kappa shape index (κ3) is 4.70. The molecule has 1 fully saturated rings. The summed E-state index contributed by atoms with van der Waals surface area (Å²) < 4.78 is 0. The number of anilines is 1. The first-order valence-electron chi connectivity index (χ1n) is 9.04. The lowest BCUT2D eigenvalue weighted by atomic mass is 9.96. The van der Waals surface area contributed by atoms with E-state index in [1.54, 1.807) is 0 Å². The smallest absolute Gasteiger partial charge is 0.241 e. The molecular formula is C21H25N3O2. The van der Waals surface area contributed by atoms with Crippen LogP contribution in [-0.4, -0.2) is 36.3 Å². The van der Waals surface area contributed by atoms with E-state index in [0.29, 0.717) is 13.1 Å². The van der Waals surface area contributed by atoms with E-state index in [1.165, 1.54) is 0 Å². The topological polar surface area (TPSA) is 66.6 Å². The lowest BCUT2D eigenvalue weighted by molar-refractivity contribution is -0.123. The van der Waals surface area contributed by atoms with Crippen molar-refractivity contribution in [2.45, 2.75) is 19.4 Å². The summed E-state index contributed by atoms with van der Waals surface area (Å²) in [6.07, 6.45) is 1.46. The lowest BCUT2D eigenvalue weighted by Gasteiger charge is -2.32. The highest BCUT2D eigenvalue weighted by Gasteiger charge is 2.26. The van der Waals surface area contributed by atoms with Crippen LogP contribution in [0.2, 0.25) is 0 Å². The van der Waals surface area contributed by atoms with E-state index in [0.717, 1.165) is 37.2 Å². The normalized spacial score (nSPS) is 15.5. The molecule has 1 saturated heterocycles. The fourth-order valence-corrected chi connectivity index (χ4v) is 3.35. The Labute approximate surface area is 154 Å². The number of nitrogens with two attached hydrogens (primary N) is 1. The van der Waals surface area contributed by atoms with Crippen molar-refractivity contribution in [1.29, 1.82) is 0 Å². The second-order valence-electron chi connectivity index (χ2n) is 6.75. The molecule has 1 aliphatic heterocycles. The molecule has 2 amide bonds. The van der Waals surface area contributed by atoms with Gasteiger partial charge >= 0.3 is 0 Å². The number of benzene rings is 2. The van der Waals surface area contributed by atoms with Crippen LogP contribution in [0.1, 0.15) is 18.4 Å². The van der Waals surface area contributed by atoms with E-state index in [1.807, 2.05) is 65.6 Å². The molecule has 0 spiro atoms. The van der Waals surface area contributed by atoms with Gasteiger partial charge in [-0.2, -0.15) is 0 Å². The average Bonchev–Trinajstić information content (AvgIpc) is 2.68. The minimum atomic E-state index is -0.231. The SMILES string of the molecule is NC(=O)C1CCN(CC(=O)N(Cc2ccccc2)c2ccccc2)CC1. The first kappa shape index (κ1) is 18.1. The van der Waals surface area contributed by atoms with Crippen LogP contribution in [0.4, 0.5) is 5.69 Å². The van der Waals surface area contributed by atoms with Crippen LogP contribution in [0.25, 0.3) is 0 Å². The largest absolute Gasteiger partial charge is 0.369 e. The Hall–Kier alpha value is -2.66. The van der Waals surface area contributed by atoms with Gasteiger partial charge in [-0.25, -0.2) is 0 Å². The molecule has 1 heterocycles. The van der Waals surface area contributed by atoms with Gasteiger partial charge in [-0.05, 0) is 43.6 Å². The summed E-state index contributed by atoms with van der Waals surface area (Å²) in [6, 6.07) is 19.8. The molecule has 5 nitrogen and oxygen atoms in total. The predicted octanol–water partition coefficient (Wildman–Crippen LogP) is 2.42. The molecule has 26 heavy (non-hydrogen) atoms. The van der Waals surface area contributed by atoms with Gasteiger partial charge in [0.2, 0.25) is 11.8 Å². The molecule has 0 atom stereocenters. The van der Waals surface area contributed by atoms with Crippen LogP contribution >= 0.6 is 0 Å². The van der Waals surface area contributed by atoms with Gasteiger partial charge in [0.05, 0.1) is 13.1 Å². The highest BCUT2D eigenvalue weighted by atomic mass is 16.2.